The normalized spacial score (nSPS) is 11.2. The SMILES string of the molecule is Cc1ccc(NC(=O)CSc2ccc(Cl)cc2)cc1OCc1cc(=O)n2c(ncn2C(C)C)n1. The average molecular weight is 498 g/mol. The summed E-state index contributed by atoms with van der Waals surface area (Å²) >= 11 is 7.32. The molecule has 176 valence electrons. The highest BCUT2D eigenvalue weighted by atomic mass is 35.5. The van der Waals surface area contributed by atoms with Crippen LogP contribution in [0.15, 0.2) is 64.5 Å². The Morgan fingerprint density at radius 3 is 2.68 bits per heavy atom. The summed E-state index contributed by atoms with van der Waals surface area (Å²) in [6.45, 7) is 5.95. The summed E-state index contributed by atoms with van der Waals surface area (Å²) in [6, 6.07) is 14.3. The van der Waals surface area contributed by atoms with Crippen LogP contribution in [0.25, 0.3) is 5.78 Å². The third-order valence-electron chi connectivity index (χ3n) is 5.01. The number of carbonyl (C=O) groups excluding carboxylic acids is 1. The summed E-state index contributed by atoms with van der Waals surface area (Å²) < 4.78 is 9.10. The summed E-state index contributed by atoms with van der Waals surface area (Å²) in [5.41, 5.74) is 1.79. The topological polar surface area (TPSA) is 90.5 Å². The number of hydrogen-bond donors (Lipinski definition) is 1. The number of carbonyl (C=O) groups is 1. The number of thioether (sulfide) groups is 1. The van der Waals surface area contributed by atoms with E-state index in [9.17, 15) is 9.59 Å². The van der Waals surface area contributed by atoms with E-state index in [4.69, 9.17) is 16.3 Å². The molecule has 0 aliphatic rings. The molecular weight excluding hydrogens is 474 g/mol. The first-order valence-corrected chi connectivity index (χ1v) is 12.0. The zero-order valence-electron chi connectivity index (χ0n) is 19.0. The van der Waals surface area contributed by atoms with Crippen LogP contribution in [-0.2, 0) is 11.4 Å². The Kier molecular flexibility index (Phi) is 7.23. The molecule has 0 saturated heterocycles. The second-order valence-electron chi connectivity index (χ2n) is 7.98. The van der Waals surface area contributed by atoms with Gasteiger partial charge in [0.2, 0.25) is 5.91 Å². The van der Waals surface area contributed by atoms with Crippen molar-refractivity contribution in [3.63, 3.8) is 0 Å². The van der Waals surface area contributed by atoms with Gasteiger partial charge in [0.25, 0.3) is 11.3 Å². The van der Waals surface area contributed by atoms with Crippen molar-refractivity contribution in [3.8, 4) is 5.75 Å². The van der Waals surface area contributed by atoms with Gasteiger partial charge in [0, 0.05) is 33.8 Å². The summed E-state index contributed by atoms with van der Waals surface area (Å²) in [6.07, 6.45) is 1.60. The van der Waals surface area contributed by atoms with Crippen LogP contribution < -0.4 is 15.6 Å². The van der Waals surface area contributed by atoms with E-state index in [1.165, 1.54) is 22.3 Å². The Bertz CT molecular complexity index is 1380. The first kappa shape index (κ1) is 23.8. The highest BCUT2D eigenvalue weighted by Gasteiger charge is 2.12. The van der Waals surface area contributed by atoms with Gasteiger partial charge in [-0.2, -0.15) is 9.50 Å². The molecule has 0 saturated carbocycles. The second kappa shape index (κ2) is 10.3. The van der Waals surface area contributed by atoms with Gasteiger partial charge in [-0.1, -0.05) is 17.7 Å². The number of benzene rings is 2. The van der Waals surface area contributed by atoms with Crippen molar-refractivity contribution in [3.05, 3.63) is 81.5 Å². The number of rotatable bonds is 8. The van der Waals surface area contributed by atoms with Crippen LogP contribution in [0.2, 0.25) is 5.02 Å². The average Bonchev–Trinajstić information content (AvgIpc) is 3.24. The van der Waals surface area contributed by atoms with Crippen LogP contribution in [0.1, 0.15) is 31.1 Å². The molecule has 10 heteroatoms. The number of nitrogens with one attached hydrogen (secondary N) is 1. The van der Waals surface area contributed by atoms with E-state index in [-0.39, 0.29) is 29.9 Å². The smallest absolute Gasteiger partial charge is 0.274 e. The van der Waals surface area contributed by atoms with Crippen molar-refractivity contribution >= 4 is 40.7 Å². The molecule has 8 nitrogen and oxygen atoms in total. The van der Waals surface area contributed by atoms with E-state index >= 15 is 0 Å². The van der Waals surface area contributed by atoms with Gasteiger partial charge in [0.15, 0.2) is 0 Å². The van der Waals surface area contributed by atoms with Gasteiger partial charge in [-0.15, -0.1) is 11.8 Å². The van der Waals surface area contributed by atoms with Crippen LogP contribution in [0.5, 0.6) is 5.75 Å². The molecule has 4 aromatic rings. The Labute approximate surface area is 205 Å². The molecule has 0 radical (unpaired) electrons. The molecule has 2 aromatic heterocycles. The number of halogens is 1. The third kappa shape index (κ3) is 5.60. The van der Waals surface area contributed by atoms with Gasteiger partial charge < -0.3 is 10.1 Å². The van der Waals surface area contributed by atoms with Crippen LogP contribution in [0.3, 0.4) is 0 Å². The Morgan fingerprint density at radius 2 is 1.94 bits per heavy atom. The van der Waals surface area contributed by atoms with Gasteiger partial charge >= 0.3 is 0 Å². The predicted octanol–water partition coefficient (Wildman–Crippen LogP) is 4.74. The zero-order chi connectivity index (χ0) is 24.2. The Balaban J connectivity index is 1.40. The lowest BCUT2D eigenvalue weighted by atomic mass is 10.2. The number of ether oxygens (including phenoxy) is 1. The minimum absolute atomic E-state index is 0.0804. The molecule has 2 aromatic carbocycles. The molecule has 1 amide bonds. The molecule has 0 unspecified atom stereocenters. The molecule has 4 rings (SSSR count). The standard InChI is InChI=1S/C24H24ClN5O3S/c1-15(2)29-14-26-24-28-19(11-23(32)30(24)29)12-33-21-10-18(7-4-16(21)3)27-22(31)13-34-20-8-5-17(25)6-9-20/h4-11,14-15H,12-13H2,1-3H3,(H,27,31). The Morgan fingerprint density at radius 1 is 1.18 bits per heavy atom. The van der Waals surface area contributed by atoms with E-state index in [1.54, 1.807) is 29.2 Å². The molecule has 0 aliphatic carbocycles. The molecule has 0 bridgehead atoms. The van der Waals surface area contributed by atoms with Gasteiger partial charge in [0.05, 0.1) is 11.4 Å². The number of nitrogens with zero attached hydrogens (tertiary/aromatic N) is 4. The summed E-state index contributed by atoms with van der Waals surface area (Å²) in [4.78, 5) is 34.6. The molecule has 2 heterocycles. The molecular formula is C24H24ClN5O3S. The third-order valence-corrected chi connectivity index (χ3v) is 6.28. The van der Waals surface area contributed by atoms with Crippen molar-refractivity contribution in [2.24, 2.45) is 0 Å². The van der Waals surface area contributed by atoms with Crippen molar-refractivity contribution in [2.75, 3.05) is 11.1 Å². The summed E-state index contributed by atoms with van der Waals surface area (Å²) in [5, 5.41) is 3.55. The fourth-order valence-corrected chi connectivity index (χ4v) is 4.10. The maximum atomic E-state index is 12.6. The predicted molar refractivity (Wildman–Crippen MR) is 134 cm³/mol. The number of amides is 1. The number of fused-ring (bicyclic) bond motifs is 1. The summed E-state index contributed by atoms with van der Waals surface area (Å²) in [5.74, 6) is 1.06. The van der Waals surface area contributed by atoms with E-state index in [0.717, 1.165) is 10.5 Å². The number of aryl methyl sites for hydroxylation is 1. The maximum absolute atomic E-state index is 12.6. The van der Waals surface area contributed by atoms with E-state index in [0.29, 0.717) is 27.9 Å². The van der Waals surface area contributed by atoms with Crippen molar-refractivity contribution in [1.29, 1.82) is 0 Å². The molecule has 0 aliphatic heterocycles. The van der Waals surface area contributed by atoms with Gasteiger partial charge in [-0.05, 0) is 56.7 Å². The van der Waals surface area contributed by atoms with E-state index in [2.05, 4.69) is 15.3 Å². The Hall–Kier alpha value is -3.30. The molecule has 0 fully saturated rings. The monoisotopic (exact) mass is 497 g/mol. The highest BCUT2D eigenvalue weighted by Crippen LogP contribution is 2.25. The molecule has 34 heavy (non-hydrogen) atoms. The minimum atomic E-state index is -0.217. The fourth-order valence-electron chi connectivity index (χ4n) is 3.27. The highest BCUT2D eigenvalue weighted by molar-refractivity contribution is 8.00. The second-order valence-corrected chi connectivity index (χ2v) is 9.46. The number of anilines is 1. The van der Waals surface area contributed by atoms with E-state index < -0.39 is 0 Å². The van der Waals surface area contributed by atoms with Crippen molar-refractivity contribution in [2.45, 2.75) is 38.3 Å². The fraction of sp³-hybridized carbons (Fsp3) is 0.250. The molecule has 0 spiro atoms. The lowest BCUT2D eigenvalue weighted by molar-refractivity contribution is -0.113. The minimum Gasteiger partial charge on any atom is -0.487 e. The molecule has 0 atom stereocenters. The van der Waals surface area contributed by atoms with Crippen LogP contribution >= 0.6 is 23.4 Å². The zero-order valence-corrected chi connectivity index (χ0v) is 20.6. The maximum Gasteiger partial charge on any atom is 0.274 e. The first-order chi connectivity index (χ1) is 16.3. The lowest BCUT2D eigenvalue weighted by Gasteiger charge is -2.12. The quantitative estimate of drug-likeness (QED) is 0.353. The first-order valence-electron chi connectivity index (χ1n) is 10.7. The van der Waals surface area contributed by atoms with Crippen molar-refractivity contribution < 1.29 is 9.53 Å². The van der Waals surface area contributed by atoms with Crippen molar-refractivity contribution in [1.82, 2.24) is 19.2 Å². The van der Waals surface area contributed by atoms with E-state index in [1.807, 2.05) is 45.0 Å². The summed E-state index contributed by atoms with van der Waals surface area (Å²) in [7, 11) is 0. The van der Waals surface area contributed by atoms with Gasteiger partial charge in [-0.25, -0.2) is 4.98 Å². The number of aromatic nitrogens is 4. The van der Waals surface area contributed by atoms with Crippen LogP contribution in [-0.4, -0.2) is 30.8 Å². The van der Waals surface area contributed by atoms with Crippen LogP contribution in [0, 0.1) is 6.92 Å². The number of hydrogen-bond acceptors (Lipinski definition) is 6. The van der Waals surface area contributed by atoms with Gasteiger partial charge in [-0.3, -0.25) is 14.3 Å². The lowest BCUT2D eigenvalue weighted by Crippen LogP contribution is -2.23. The largest absolute Gasteiger partial charge is 0.487 e. The van der Waals surface area contributed by atoms with Crippen LogP contribution in [0.4, 0.5) is 5.69 Å². The van der Waals surface area contributed by atoms with Gasteiger partial charge in [0.1, 0.15) is 18.7 Å². The molecule has 1 N–H and O–H groups in total.